The van der Waals surface area contributed by atoms with E-state index in [4.69, 9.17) is 0 Å². The van der Waals surface area contributed by atoms with E-state index in [9.17, 15) is 0 Å². The highest BCUT2D eigenvalue weighted by molar-refractivity contribution is 7.26. The van der Waals surface area contributed by atoms with Crippen LogP contribution >= 0.6 is 22.7 Å². The fourth-order valence-corrected chi connectivity index (χ4v) is 14.0. The normalized spacial score (nSPS) is 12.7. The number of thiophene rings is 2. The van der Waals surface area contributed by atoms with Gasteiger partial charge >= 0.3 is 0 Å². The van der Waals surface area contributed by atoms with Crippen molar-refractivity contribution >= 4 is 80.1 Å². The van der Waals surface area contributed by atoms with Gasteiger partial charge in [-0.05, 0) is 110 Å². The quantitative estimate of drug-likeness (QED) is 0.147. The third-order valence-electron chi connectivity index (χ3n) is 14.6. The Balaban J connectivity index is 0.934. The molecule has 0 spiro atoms. The lowest BCUT2D eigenvalue weighted by atomic mass is 9.68. The molecule has 0 bridgehead atoms. The maximum atomic E-state index is 2.48. The molecule has 70 heavy (non-hydrogen) atoms. The minimum absolute atomic E-state index is 0.516. The fourth-order valence-electron chi connectivity index (χ4n) is 11.5. The van der Waals surface area contributed by atoms with Gasteiger partial charge in [0.2, 0.25) is 0 Å². The van der Waals surface area contributed by atoms with Crippen LogP contribution in [0.3, 0.4) is 0 Å². The van der Waals surface area contributed by atoms with Crippen LogP contribution < -0.4 is 4.90 Å². The summed E-state index contributed by atoms with van der Waals surface area (Å²) in [6.07, 6.45) is 0. The van der Waals surface area contributed by atoms with Gasteiger partial charge in [0, 0.05) is 57.3 Å². The number of fused-ring (bicyclic) bond motifs is 9. The zero-order chi connectivity index (χ0) is 46.2. The Hall–Kier alpha value is -8.34. The largest absolute Gasteiger partial charge is 0.310 e. The van der Waals surface area contributed by atoms with Gasteiger partial charge < -0.3 is 4.90 Å². The maximum absolute atomic E-state index is 2.48. The molecular formula is C67H43NS2. The number of hydrogen-bond donors (Lipinski definition) is 0. The Bertz CT molecular complexity index is 4070. The van der Waals surface area contributed by atoms with Crippen LogP contribution in [0.15, 0.2) is 261 Å². The van der Waals surface area contributed by atoms with E-state index in [0.29, 0.717) is 0 Å². The van der Waals surface area contributed by atoms with E-state index in [1.807, 2.05) is 22.7 Å². The fraction of sp³-hybridized carbons (Fsp3) is 0.0149. The zero-order valence-corrected chi connectivity index (χ0v) is 39.7. The molecule has 0 radical (unpaired) electrons. The Labute approximate surface area is 415 Å². The topological polar surface area (TPSA) is 3.24 Å². The van der Waals surface area contributed by atoms with Crippen molar-refractivity contribution in [1.29, 1.82) is 0 Å². The van der Waals surface area contributed by atoms with Crippen LogP contribution in [0, 0.1) is 0 Å². The number of rotatable bonds is 8. The van der Waals surface area contributed by atoms with Crippen LogP contribution in [-0.4, -0.2) is 0 Å². The summed E-state index contributed by atoms with van der Waals surface area (Å²) in [5, 5.41) is 5.27. The molecular weight excluding hydrogens is 883 g/mol. The zero-order valence-electron chi connectivity index (χ0n) is 38.1. The molecule has 2 heterocycles. The van der Waals surface area contributed by atoms with Crippen LogP contribution in [0.1, 0.15) is 22.3 Å². The number of nitrogens with zero attached hydrogens (tertiary/aromatic N) is 1. The average molecular weight is 926 g/mol. The molecule has 0 aliphatic heterocycles. The molecule has 0 saturated carbocycles. The molecule has 1 aliphatic carbocycles. The lowest BCUT2D eigenvalue weighted by Gasteiger charge is -2.34. The molecule has 3 heteroatoms. The molecule has 1 nitrogen and oxygen atoms in total. The highest BCUT2D eigenvalue weighted by atomic mass is 32.1. The van der Waals surface area contributed by atoms with Gasteiger partial charge in [0.15, 0.2) is 0 Å². The van der Waals surface area contributed by atoms with Crippen LogP contribution in [0.4, 0.5) is 17.1 Å². The second kappa shape index (κ2) is 16.4. The van der Waals surface area contributed by atoms with E-state index in [0.717, 1.165) is 17.1 Å². The predicted octanol–water partition coefficient (Wildman–Crippen LogP) is 19.3. The summed E-state index contributed by atoms with van der Waals surface area (Å²) >= 11 is 3.76. The third-order valence-corrected chi connectivity index (χ3v) is 17.0. The minimum Gasteiger partial charge on any atom is -0.310 e. The summed E-state index contributed by atoms with van der Waals surface area (Å²) in [6.45, 7) is 0. The maximum Gasteiger partial charge on any atom is 0.0714 e. The van der Waals surface area contributed by atoms with Crippen LogP contribution in [0.25, 0.3) is 84.9 Å². The molecule has 0 saturated heterocycles. The van der Waals surface area contributed by atoms with Crippen molar-refractivity contribution in [2.24, 2.45) is 0 Å². The van der Waals surface area contributed by atoms with E-state index in [2.05, 4.69) is 266 Å². The molecule has 13 aromatic rings. The summed E-state index contributed by atoms with van der Waals surface area (Å²) in [4.78, 5) is 2.48. The van der Waals surface area contributed by atoms with E-state index < -0.39 is 5.41 Å². The molecule has 328 valence electrons. The second-order valence-electron chi connectivity index (χ2n) is 18.3. The molecule has 0 amide bonds. The van der Waals surface area contributed by atoms with Crippen molar-refractivity contribution < 1.29 is 0 Å². The standard InChI is InChI=1S/C67H43NS2/c1-3-19-48(20-4-1)67(49-21-5-2-6-22-49)59-30-10-7-25-58(59)64-60(67)31-16-32-61(64)68(51-41-37-45(38-42-51)52-26-14-28-56-54-23-8-11-33-62(54)69-65(52)56)50-39-35-44(36-40-50)46-17-13-18-47(43-46)53-27-15-29-57-55-24-9-12-34-63(55)70-66(53)57/h1-43H. The van der Waals surface area contributed by atoms with Crippen LogP contribution in [0.5, 0.6) is 0 Å². The van der Waals surface area contributed by atoms with Crippen molar-refractivity contribution in [2.45, 2.75) is 5.41 Å². The van der Waals surface area contributed by atoms with Gasteiger partial charge in [-0.1, -0.05) is 212 Å². The summed E-state index contributed by atoms with van der Waals surface area (Å²) in [6, 6.07) is 96.7. The van der Waals surface area contributed by atoms with Gasteiger partial charge in [-0.25, -0.2) is 0 Å². The summed E-state index contributed by atoms with van der Waals surface area (Å²) in [7, 11) is 0. The highest BCUT2D eigenvalue weighted by Crippen LogP contribution is 2.59. The summed E-state index contributed by atoms with van der Waals surface area (Å²) in [5.41, 5.74) is 17.7. The van der Waals surface area contributed by atoms with Crippen molar-refractivity contribution in [3.63, 3.8) is 0 Å². The average Bonchev–Trinajstić information content (AvgIpc) is 4.11. The first-order valence-corrected chi connectivity index (χ1v) is 25.6. The van der Waals surface area contributed by atoms with Crippen LogP contribution in [0.2, 0.25) is 0 Å². The van der Waals surface area contributed by atoms with Crippen LogP contribution in [-0.2, 0) is 5.41 Å². The second-order valence-corrected chi connectivity index (χ2v) is 20.4. The van der Waals surface area contributed by atoms with Gasteiger partial charge in [0.05, 0.1) is 11.1 Å². The monoisotopic (exact) mass is 925 g/mol. The van der Waals surface area contributed by atoms with E-state index >= 15 is 0 Å². The SMILES string of the molecule is c1ccc(C2(c3ccccc3)c3ccccc3-c3c(N(c4ccc(-c5cccc(-c6cccc7c6sc6ccccc67)c5)cc4)c4ccc(-c5cccc6c5sc5ccccc56)cc4)cccc32)cc1. The lowest BCUT2D eigenvalue weighted by molar-refractivity contribution is 0.768. The molecule has 0 atom stereocenters. The lowest BCUT2D eigenvalue weighted by Crippen LogP contribution is -2.28. The number of anilines is 3. The van der Waals surface area contributed by atoms with Gasteiger partial charge in [-0.15, -0.1) is 22.7 Å². The predicted molar refractivity (Wildman–Crippen MR) is 301 cm³/mol. The minimum atomic E-state index is -0.516. The molecule has 0 unspecified atom stereocenters. The number of benzene rings is 11. The van der Waals surface area contributed by atoms with Crippen molar-refractivity contribution in [1.82, 2.24) is 0 Å². The first-order valence-electron chi connectivity index (χ1n) is 24.0. The van der Waals surface area contributed by atoms with E-state index in [1.165, 1.54) is 107 Å². The van der Waals surface area contributed by atoms with Gasteiger partial charge in [0.25, 0.3) is 0 Å². The summed E-state index contributed by atoms with van der Waals surface area (Å²) in [5.74, 6) is 0. The third kappa shape index (κ3) is 6.29. The van der Waals surface area contributed by atoms with Crippen molar-refractivity contribution in [2.75, 3.05) is 4.90 Å². The molecule has 1 aliphatic rings. The van der Waals surface area contributed by atoms with E-state index in [-0.39, 0.29) is 0 Å². The Morgan fingerprint density at radius 3 is 1.39 bits per heavy atom. The van der Waals surface area contributed by atoms with E-state index in [1.54, 1.807) is 0 Å². The molecule has 0 N–H and O–H groups in total. The van der Waals surface area contributed by atoms with Crippen molar-refractivity contribution in [3.8, 4) is 44.5 Å². The van der Waals surface area contributed by atoms with Crippen molar-refractivity contribution in [3.05, 3.63) is 283 Å². The Morgan fingerprint density at radius 2 is 0.757 bits per heavy atom. The van der Waals surface area contributed by atoms with Gasteiger partial charge in [0.1, 0.15) is 0 Å². The Kier molecular flexibility index (Phi) is 9.55. The smallest absolute Gasteiger partial charge is 0.0714 e. The van der Waals surface area contributed by atoms with Gasteiger partial charge in [-0.2, -0.15) is 0 Å². The Morgan fingerprint density at radius 1 is 0.300 bits per heavy atom. The first kappa shape index (κ1) is 40.7. The molecule has 14 rings (SSSR count). The summed E-state index contributed by atoms with van der Waals surface area (Å²) < 4.78 is 5.29. The molecule has 0 fully saturated rings. The molecule has 2 aromatic heterocycles. The highest BCUT2D eigenvalue weighted by Gasteiger charge is 2.47. The number of hydrogen-bond acceptors (Lipinski definition) is 3. The first-order chi connectivity index (χ1) is 34.7. The van der Waals surface area contributed by atoms with Gasteiger partial charge in [-0.3, -0.25) is 0 Å². The molecule has 11 aromatic carbocycles.